The first-order valence-corrected chi connectivity index (χ1v) is 6.90. The first-order valence-electron chi connectivity index (χ1n) is 6.28. The van der Waals surface area contributed by atoms with Crippen LogP contribution in [0.15, 0.2) is 70.6 Å². The van der Waals surface area contributed by atoms with Crippen molar-refractivity contribution < 1.29 is 31.9 Å². The predicted molar refractivity (Wildman–Crippen MR) is 86.8 cm³/mol. The number of rotatable bonds is 2. The van der Waals surface area contributed by atoms with Gasteiger partial charge in [0.2, 0.25) is 5.90 Å². The molecule has 2 aromatic carbocycles. The molecule has 23 heavy (non-hydrogen) atoms. The summed E-state index contributed by atoms with van der Waals surface area (Å²) in [5, 5.41) is 0. The smallest absolute Gasteiger partial charge is 0.320 e. The van der Waals surface area contributed by atoms with Gasteiger partial charge in [0.15, 0.2) is 6.61 Å². The average molecular weight is 390 g/mol. The number of halogens is 2. The van der Waals surface area contributed by atoms with Crippen LogP contribution in [-0.4, -0.2) is 18.5 Å². The van der Waals surface area contributed by atoms with Crippen molar-refractivity contribution in [1.29, 1.82) is 0 Å². The summed E-state index contributed by atoms with van der Waals surface area (Å²) in [6, 6.07) is 19.4. The van der Waals surface area contributed by atoms with Crippen LogP contribution in [-0.2, 0) is 27.1 Å². The molecule has 0 unspecified atom stereocenters. The molecule has 3 rings (SSSR count). The average Bonchev–Trinajstić information content (AvgIpc) is 2.97. The Morgan fingerprint density at radius 2 is 1.52 bits per heavy atom. The molecule has 1 aliphatic rings. The van der Waals surface area contributed by atoms with Crippen molar-refractivity contribution in [2.24, 2.45) is 9.98 Å². The minimum absolute atomic E-state index is 0. The molecule has 0 saturated heterocycles. The van der Waals surface area contributed by atoms with E-state index in [4.69, 9.17) is 9.47 Å². The maximum Gasteiger partial charge on any atom is 0.320 e. The predicted octanol–water partition coefficient (Wildman–Crippen LogP) is 4.49. The molecule has 1 heterocycles. The van der Waals surface area contributed by atoms with Gasteiger partial charge in [-0.3, -0.25) is 0 Å². The normalized spacial score (nSPS) is 14.0. The van der Waals surface area contributed by atoms with Crippen LogP contribution in [0.1, 0.15) is 0 Å². The molecular formula is C15H12Cl2N2O3V. The Kier molecular flexibility index (Phi) is 9.44. The largest absolute Gasteiger partial charge is 0.453 e. The fraction of sp³-hybridized carbons (Fsp3) is 0.0667. The van der Waals surface area contributed by atoms with Crippen LogP contribution >= 0.6 is 23.7 Å². The second-order valence-corrected chi connectivity index (χ2v) is 4.46. The van der Waals surface area contributed by atoms with Crippen LogP contribution < -0.4 is 4.74 Å². The Morgan fingerprint density at radius 1 is 0.957 bits per heavy atom. The fourth-order valence-electron chi connectivity index (χ4n) is 1.64. The Bertz CT molecular complexity index is 640. The summed E-state index contributed by atoms with van der Waals surface area (Å²) in [6.45, 7) is 0.306. The molecule has 0 amide bonds. The van der Waals surface area contributed by atoms with Crippen LogP contribution in [0.3, 0.4) is 0 Å². The molecule has 2 aromatic rings. The van der Waals surface area contributed by atoms with Gasteiger partial charge in [0.25, 0.3) is 0 Å². The molecular weight excluding hydrogens is 378 g/mol. The number of amidine groups is 1. The fourth-order valence-corrected chi connectivity index (χ4v) is 1.64. The summed E-state index contributed by atoms with van der Waals surface area (Å²) >= 11 is 8.53. The minimum Gasteiger partial charge on any atom is -0.453 e. The number of nitrogens with zero attached hydrogens (tertiary/aromatic N) is 2. The maximum absolute atomic E-state index is 5.59. The van der Waals surface area contributed by atoms with Crippen molar-refractivity contribution in [3.05, 3.63) is 60.7 Å². The van der Waals surface area contributed by atoms with Gasteiger partial charge in [0.1, 0.15) is 5.75 Å². The maximum atomic E-state index is 5.59. The van der Waals surface area contributed by atoms with E-state index in [0.717, 1.165) is 11.4 Å². The molecule has 8 heteroatoms. The molecule has 0 saturated carbocycles. The first kappa shape index (κ1) is 19.6. The number of hydrogen-bond donors (Lipinski definition) is 0. The van der Waals surface area contributed by atoms with Gasteiger partial charge in [-0.2, -0.15) is 13.8 Å². The zero-order chi connectivity index (χ0) is 15.6. The van der Waals surface area contributed by atoms with Crippen molar-refractivity contribution in [2.45, 2.75) is 0 Å². The third-order valence-electron chi connectivity index (χ3n) is 2.50. The van der Waals surface area contributed by atoms with Gasteiger partial charge in [0, 0.05) is 18.6 Å². The van der Waals surface area contributed by atoms with Gasteiger partial charge >= 0.3 is 6.02 Å². The van der Waals surface area contributed by atoms with E-state index in [0.29, 0.717) is 18.5 Å². The second kappa shape index (κ2) is 11.1. The van der Waals surface area contributed by atoms with Gasteiger partial charge < -0.3 is 9.47 Å². The Labute approximate surface area is 156 Å². The van der Waals surface area contributed by atoms with Crippen LogP contribution in [0.2, 0.25) is 0 Å². The molecule has 1 radical (unpaired) electrons. The molecule has 0 atom stereocenters. The van der Waals surface area contributed by atoms with Crippen LogP contribution in [0, 0.1) is 0 Å². The van der Waals surface area contributed by atoms with Crippen LogP contribution in [0.25, 0.3) is 0 Å². The third kappa shape index (κ3) is 7.07. The van der Waals surface area contributed by atoms with Gasteiger partial charge in [-0.15, -0.1) is 0 Å². The van der Waals surface area contributed by atoms with E-state index in [1.165, 1.54) is 0 Å². The number of para-hydroxylation sites is 2. The summed E-state index contributed by atoms with van der Waals surface area (Å²) in [4.78, 5) is 8.48. The van der Waals surface area contributed by atoms with E-state index in [1.54, 1.807) is 0 Å². The number of ether oxygens (including phenoxy) is 2. The first-order chi connectivity index (χ1) is 10.8. The summed E-state index contributed by atoms with van der Waals surface area (Å²) < 4.78 is 14.1. The van der Waals surface area contributed by atoms with E-state index >= 15 is 0 Å². The van der Waals surface area contributed by atoms with E-state index in [-0.39, 0.29) is 18.6 Å². The number of benzene rings is 2. The van der Waals surface area contributed by atoms with Gasteiger partial charge in [0.05, 0.1) is 29.4 Å². The van der Waals surface area contributed by atoms with E-state index < -0.39 is 0 Å². The number of hydrogen-bond acceptors (Lipinski definition) is 4. The molecule has 0 spiro atoms. The van der Waals surface area contributed by atoms with E-state index in [1.807, 2.05) is 60.7 Å². The molecule has 0 aliphatic carbocycles. The van der Waals surface area contributed by atoms with Gasteiger partial charge in [-0.05, 0) is 24.3 Å². The molecule has 0 fully saturated rings. The van der Waals surface area contributed by atoms with Crippen molar-refractivity contribution in [3.8, 4) is 5.75 Å². The van der Waals surface area contributed by atoms with Crippen molar-refractivity contribution in [2.75, 3.05) is 6.61 Å². The van der Waals surface area contributed by atoms with Crippen LogP contribution in [0.4, 0.5) is 5.69 Å². The summed E-state index contributed by atoms with van der Waals surface area (Å²) in [5.41, 5.74) is 0.808. The van der Waals surface area contributed by atoms with Crippen molar-refractivity contribution in [1.82, 2.24) is 0 Å². The Hall–Kier alpha value is -1.50. The molecule has 1 aliphatic heterocycles. The van der Waals surface area contributed by atoms with Crippen molar-refractivity contribution >= 4 is 41.3 Å². The third-order valence-corrected chi connectivity index (χ3v) is 2.50. The second-order valence-electron chi connectivity index (χ2n) is 4.00. The van der Waals surface area contributed by atoms with Gasteiger partial charge in [-0.25, -0.2) is 0 Å². The van der Waals surface area contributed by atoms with Crippen LogP contribution in [0.5, 0.6) is 5.75 Å². The Morgan fingerprint density at radius 3 is 2.13 bits per heavy atom. The van der Waals surface area contributed by atoms with Gasteiger partial charge in [-0.1, -0.05) is 36.4 Å². The van der Waals surface area contributed by atoms with E-state index in [9.17, 15) is 0 Å². The standard InChI is InChI=1S/C15H12N2O2.Cl2O.V/c1-3-7-12(8-4-1)16-15-17-14(11-18-15)19-13-9-5-2-6-10-13;1-3-2;/h1-10H,11H2;;. The zero-order valence-electron chi connectivity index (χ0n) is 11.8. The summed E-state index contributed by atoms with van der Waals surface area (Å²) in [5.74, 6) is 1.26. The van der Waals surface area contributed by atoms with E-state index in [2.05, 4.69) is 37.6 Å². The number of aliphatic imine (C=N–C) groups is 2. The summed E-state index contributed by atoms with van der Waals surface area (Å²) in [6.07, 6.45) is 0. The molecule has 0 bridgehead atoms. The molecule has 5 nitrogen and oxygen atoms in total. The topological polar surface area (TPSA) is 52.4 Å². The summed E-state index contributed by atoms with van der Waals surface area (Å²) in [7, 11) is 0. The SMILES string of the molecule is ClOCl.[V].c1ccc(N=C2N=C(Oc3ccccc3)CO2)cc1. The monoisotopic (exact) mass is 389 g/mol. The molecule has 0 aromatic heterocycles. The zero-order valence-corrected chi connectivity index (χ0v) is 14.7. The quantitative estimate of drug-likeness (QED) is 0.760. The molecule has 119 valence electrons. The minimum atomic E-state index is 0. The van der Waals surface area contributed by atoms with Crippen molar-refractivity contribution in [3.63, 3.8) is 0 Å². The molecule has 0 N–H and O–H groups in total. The Balaban J connectivity index is 0.000000615.